The van der Waals surface area contributed by atoms with E-state index in [0.717, 1.165) is 32.4 Å². The minimum atomic E-state index is -0.493. The van der Waals surface area contributed by atoms with Crippen LogP contribution in [0.5, 0.6) is 0 Å². The van der Waals surface area contributed by atoms with Gasteiger partial charge in [0.1, 0.15) is 6.04 Å². The van der Waals surface area contributed by atoms with Gasteiger partial charge in [0.2, 0.25) is 11.8 Å². The van der Waals surface area contributed by atoms with E-state index in [0.29, 0.717) is 11.2 Å². The summed E-state index contributed by atoms with van der Waals surface area (Å²) in [7, 11) is 0. The highest BCUT2D eigenvalue weighted by atomic mass is 32.1. The summed E-state index contributed by atoms with van der Waals surface area (Å²) in [4.78, 5) is 25.2. The van der Waals surface area contributed by atoms with Gasteiger partial charge >= 0.3 is 0 Å². The molecule has 5 heteroatoms. The fourth-order valence-electron chi connectivity index (χ4n) is 2.29. The fourth-order valence-corrected chi connectivity index (χ4v) is 2.54. The van der Waals surface area contributed by atoms with Gasteiger partial charge < -0.3 is 10.2 Å². The number of nitrogens with one attached hydrogen (secondary N) is 1. The number of likely N-dealkylation sites (tertiary alicyclic amines) is 1. The predicted molar refractivity (Wildman–Crippen MR) is 75.7 cm³/mol. The van der Waals surface area contributed by atoms with Crippen LogP contribution in [0.15, 0.2) is 0 Å². The summed E-state index contributed by atoms with van der Waals surface area (Å²) in [6, 6.07) is -0.493. The van der Waals surface area contributed by atoms with E-state index in [9.17, 15) is 9.59 Å². The molecule has 1 atom stereocenters. The Bertz CT molecular complexity index is 318. The van der Waals surface area contributed by atoms with Gasteiger partial charge in [0.05, 0.1) is 0 Å². The second-order valence-corrected chi connectivity index (χ2v) is 6.14. The quantitative estimate of drug-likeness (QED) is 0.764. The Balaban J connectivity index is 2.62. The summed E-state index contributed by atoms with van der Waals surface area (Å²) in [5.74, 6) is 0.161. The van der Waals surface area contributed by atoms with Crippen LogP contribution >= 0.6 is 12.6 Å². The minimum absolute atomic E-state index is 0.00194. The first-order valence-electron chi connectivity index (χ1n) is 6.52. The molecule has 4 nitrogen and oxygen atoms in total. The second-order valence-electron chi connectivity index (χ2n) is 5.78. The van der Waals surface area contributed by atoms with Gasteiger partial charge in [0.15, 0.2) is 0 Å². The van der Waals surface area contributed by atoms with Crippen molar-refractivity contribution >= 4 is 24.4 Å². The third-order valence-corrected chi connectivity index (χ3v) is 3.88. The molecule has 0 aromatic rings. The summed E-state index contributed by atoms with van der Waals surface area (Å²) in [5.41, 5.74) is 0.305. The van der Waals surface area contributed by atoms with E-state index >= 15 is 0 Å². The van der Waals surface area contributed by atoms with Crippen LogP contribution in [0.25, 0.3) is 0 Å². The zero-order valence-electron chi connectivity index (χ0n) is 11.5. The molecule has 2 amide bonds. The normalized spacial score (nSPS) is 21.0. The van der Waals surface area contributed by atoms with Crippen molar-refractivity contribution in [2.75, 3.05) is 18.8 Å². The molecule has 1 saturated heterocycles. The van der Waals surface area contributed by atoms with Crippen molar-refractivity contribution in [3.05, 3.63) is 0 Å². The molecule has 18 heavy (non-hydrogen) atoms. The predicted octanol–water partition coefficient (Wildman–Crippen LogP) is 1.46. The van der Waals surface area contributed by atoms with Crippen molar-refractivity contribution in [3.63, 3.8) is 0 Å². The number of nitrogens with zero attached hydrogens (tertiary/aromatic N) is 1. The van der Waals surface area contributed by atoms with Gasteiger partial charge in [0, 0.05) is 25.8 Å². The highest BCUT2D eigenvalue weighted by molar-refractivity contribution is 7.80. The van der Waals surface area contributed by atoms with E-state index in [-0.39, 0.29) is 11.8 Å². The summed E-state index contributed by atoms with van der Waals surface area (Å²) in [6.45, 7) is 7.47. The Kier molecular flexibility index (Phi) is 5.50. The van der Waals surface area contributed by atoms with E-state index in [4.69, 9.17) is 0 Å². The van der Waals surface area contributed by atoms with Gasteiger partial charge in [-0.05, 0) is 24.7 Å². The number of thiol groups is 1. The highest BCUT2D eigenvalue weighted by Gasteiger charge is 2.28. The van der Waals surface area contributed by atoms with E-state index in [1.165, 1.54) is 6.92 Å². The molecule has 1 unspecified atom stereocenters. The Hall–Kier alpha value is -0.710. The average molecular weight is 272 g/mol. The highest BCUT2D eigenvalue weighted by Crippen LogP contribution is 2.29. The van der Waals surface area contributed by atoms with Crippen LogP contribution in [-0.2, 0) is 9.59 Å². The summed E-state index contributed by atoms with van der Waals surface area (Å²) in [5, 5.41) is 2.66. The van der Waals surface area contributed by atoms with Crippen molar-refractivity contribution in [2.45, 2.75) is 46.1 Å². The second kappa shape index (κ2) is 6.45. The van der Waals surface area contributed by atoms with Crippen molar-refractivity contribution in [1.82, 2.24) is 10.2 Å². The largest absolute Gasteiger partial charge is 0.344 e. The molecule has 1 heterocycles. The zero-order valence-corrected chi connectivity index (χ0v) is 12.4. The van der Waals surface area contributed by atoms with Gasteiger partial charge in [-0.15, -0.1) is 0 Å². The Labute approximate surface area is 115 Å². The molecule has 0 bridgehead atoms. The molecular weight excluding hydrogens is 248 g/mol. The van der Waals surface area contributed by atoms with E-state index in [1.807, 2.05) is 4.90 Å². The molecule has 1 aliphatic heterocycles. The van der Waals surface area contributed by atoms with E-state index in [1.54, 1.807) is 0 Å². The lowest BCUT2D eigenvalue weighted by Crippen LogP contribution is -2.49. The first-order valence-corrected chi connectivity index (χ1v) is 7.16. The third-order valence-electron chi connectivity index (χ3n) is 3.51. The molecule has 0 radical (unpaired) electrons. The molecule has 104 valence electrons. The average Bonchev–Trinajstić information content (AvgIpc) is 2.46. The number of amides is 2. The molecule has 0 aromatic heterocycles. The maximum atomic E-state index is 12.3. The number of carbonyl (C=O) groups excluding carboxylic acids is 2. The van der Waals surface area contributed by atoms with Crippen molar-refractivity contribution < 1.29 is 9.59 Å². The van der Waals surface area contributed by atoms with Crippen molar-refractivity contribution in [1.29, 1.82) is 0 Å². The molecule has 1 rings (SSSR count). The smallest absolute Gasteiger partial charge is 0.245 e. The molecule has 0 aliphatic carbocycles. The molecule has 0 aromatic carbocycles. The summed E-state index contributed by atoms with van der Waals surface area (Å²) >= 11 is 4.15. The lowest BCUT2D eigenvalue weighted by molar-refractivity contribution is -0.135. The van der Waals surface area contributed by atoms with Crippen LogP contribution in [0, 0.1) is 5.41 Å². The number of hydrogen-bond acceptors (Lipinski definition) is 3. The zero-order chi connectivity index (χ0) is 13.8. The monoisotopic (exact) mass is 272 g/mol. The topological polar surface area (TPSA) is 49.4 Å². The van der Waals surface area contributed by atoms with Crippen LogP contribution in [-0.4, -0.2) is 41.6 Å². The van der Waals surface area contributed by atoms with Crippen LogP contribution in [0.3, 0.4) is 0 Å². The number of rotatable bonds is 3. The lowest BCUT2D eigenvalue weighted by Gasteiger charge is -2.26. The third kappa shape index (κ3) is 4.52. The first kappa shape index (κ1) is 15.3. The first-order chi connectivity index (χ1) is 8.35. The maximum absolute atomic E-state index is 12.3. The number of carbonyl (C=O) groups is 2. The van der Waals surface area contributed by atoms with Crippen LogP contribution in [0.4, 0.5) is 0 Å². The molecule has 0 spiro atoms. The standard InChI is InChI=1S/C13H24N2O2S/c1-10(16)14-11(9-18)12(17)15-7-4-5-13(2,3)6-8-15/h11,18H,4-9H2,1-3H3,(H,14,16). The minimum Gasteiger partial charge on any atom is -0.344 e. The van der Waals surface area contributed by atoms with Crippen LogP contribution < -0.4 is 5.32 Å². The van der Waals surface area contributed by atoms with Crippen LogP contribution in [0.2, 0.25) is 0 Å². The molecule has 1 N–H and O–H groups in total. The Morgan fingerprint density at radius 1 is 1.33 bits per heavy atom. The molecule has 0 saturated carbocycles. The Morgan fingerprint density at radius 3 is 2.56 bits per heavy atom. The number of hydrogen-bond donors (Lipinski definition) is 2. The fraction of sp³-hybridized carbons (Fsp3) is 0.846. The molecular formula is C13H24N2O2S. The summed E-state index contributed by atoms with van der Waals surface area (Å²) < 4.78 is 0. The van der Waals surface area contributed by atoms with Crippen molar-refractivity contribution in [3.8, 4) is 0 Å². The van der Waals surface area contributed by atoms with E-state index in [2.05, 4.69) is 31.8 Å². The van der Waals surface area contributed by atoms with Gasteiger partial charge in [-0.3, -0.25) is 9.59 Å². The van der Waals surface area contributed by atoms with Gasteiger partial charge in [-0.25, -0.2) is 0 Å². The molecule has 1 fully saturated rings. The van der Waals surface area contributed by atoms with Gasteiger partial charge in [-0.2, -0.15) is 12.6 Å². The van der Waals surface area contributed by atoms with Gasteiger partial charge in [-0.1, -0.05) is 13.8 Å². The SMILES string of the molecule is CC(=O)NC(CS)C(=O)N1CCCC(C)(C)CC1. The summed E-state index contributed by atoms with van der Waals surface area (Å²) in [6.07, 6.45) is 3.18. The maximum Gasteiger partial charge on any atom is 0.245 e. The van der Waals surface area contributed by atoms with E-state index < -0.39 is 6.04 Å². The van der Waals surface area contributed by atoms with Gasteiger partial charge in [0.25, 0.3) is 0 Å². The van der Waals surface area contributed by atoms with Crippen LogP contribution in [0.1, 0.15) is 40.0 Å². The Morgan fingerprint density at radius 2 is 2.00 bits per heavy atom. The molecule has 1 aliphatic rings. The lowest BCUT2D eigenvalue weighted by atomic mass is 9.85. The van der Waals surface area contributed by atoms with Crippen molar-refractivity contribution in [2.24, 2.45) is 5.41 Å².